The summed E-state index contributed by atoms with van der Waals surface area (Å²) in [6, 6.07) is 0. The van der Waals surface area contributed by atoms with Crippen LogP contribution in [0.25, 0.3) is 0 Å². The summed E-state index contributed by atoms with van der Waals surface area (Å²) < 4.78 is 60.9. The minimum atomic E-state index is -5.84. The molecule has 0 unspecified atom stereocenters. The van der Waals surface area contributed by atoms with Gasteiger partial charge in [0.15, 0.2) is 0 Å². The molecule has 1 fully saturated rings. The van der Waals surface area contributed by atoms with Gasteiger partial charge in [-0.1, -0.05) is 19.8 Å². The van der Waals surface area contributed by atoms with Gasteiger partial charge in [-0.25, -0.2) is 0 Å². The van der Waals surface area contributed by atoms with Gasteiger partial charge in [0.05, 0.1) is 0 Å². The molecule has 0 bridgehead atoms. The van der Waals surface area contributed by atoms with E-state index in [4.69, 9.17) is 0 Å². The smallest absolute Gasteiger partial charge is 0.350 e. The minimum absolute atomic E-state index is 0.00539. The van der Waals surface area contributed by atoms with Crippen LogP contribution in [-0.4, -0.2) is 24.6 Å². The monoisotopic (exact) mass is 273 g/mol. The van der Waals surface area contributed by atoms with Gasteiger partial charge in [-0.05, 0) is 24.7 Å². The highest BCUT2D eigenvalue weighted by Gasteiger charge is 2.63. The molecule has 7 heteroatoms. The number of carbonyl (C=O) groups is 1. The van der Waals surface area contributed by atoms with Crippen LogP contribution >= 0.6 is 0 Å². The lowest BCUT2D eigenvalue weighted by Crippen LogP contribution is -2.51. The lowest BCUT2D eigenvalue weighted by Gasteiger charge is -2.27. The SMILES string of the molecule is CC1CCC(CNC(=O)C(F)(F)C(F)(F)F)CC1. The molecule has 106 valence electrons. The fourth-order valence-electron chi connectivity index (χ4n) is 2.01. The predicted molar refractivity (Wildman–Crippen MR) is 55.1 cm³/mol. The first-order chi connectivity index (χ1) is 8.14. The molecule has 1 rings (SSSR count). The number of carbonyl (C=O) groups excluding carboxylic acids is 1. The summed E-state index contributed by atoms with van der Waals surface area (Å²) in [5, 5.41) is 1.71. The summed E-state index contributed by atoms with van der Waals surface area (Å²) in [4.78, 5) is 10.8. The molecule has 0 radical (unpaired) electrons. The van der Waals surface area contributed by atoms with Crippen LogP contribution in [0.5, 0.6) is 0 Å². The number of hydrogen-bond donors (Lipinski definition) is 1. The van der Waals surface area contributed by atoms with E-state index in [2.05, 4.69) is 6.92 Å². The number of amides is 1. The molecule has 1 saturated carbocycles. The van der Waals surface area contributed by atoms with E-state index < -0.39 is 18.0 Å². The molecule has 0 aliphatic heterocycles. The van der Waals surface area contributed by atoms with Crippen LogP contribution in [0.1, 0.15) is 32.6 Å². The Bertz CT molecular complexity index is 294. The summed E-state index contributed by atoms with van der Waals surface area (Å²) in [6.07, 6.45) is -2.51. The third-order valence-corrected chi connectivity index (χ3v) is 3.33. The maximum Gasteiger partial charge on any atom is 0.463 e. The molecule has 1 amide bonds. The zero-order valence-corrected chi connectivity index (χ0v) is 9.99. The van der Waals surface area contributed by atoms with Crippen LogP contribution in [-0.2, 0) is 4.79 Å². The molecule has 0 spiro atoms. The quantitative estimate of drug-likeness (QED) is 0.786. The second-order valence-corrected chi connectivity index (χ2v) is 4.91. The van der Waals surface area contributed by atoms with Crippen molar-refractivity contribution in [1.29, 1.82) is 0 Å². The van der Waals surface area contributed by atoms with E-state index in [1.807, 2.05) is 0 Å². The molecule has 0 atom stereocenters. The van der Waals surface area contributed by atoms with Crippen LogP contribution in [0.3, 0.4) is 0 Å². The Morgan fingerprint density at radius 3 is 2.06 bits per heavy atom. The van der Waals surface area contributed by atoms with Crippen molar-refractivity contribution in [3.8, 4) is 0 Å². The van der Waals surface area contributed by atoms with Gasteiger partial charge in [0.2, 0.25) is 0 Å². The molecule has 1 aliphatic carbocycles. The van der Waals surface area contributed by atoms with Gasteiger partial charge in [-0.15, -0.1) is 0 Å². The van der Waals surface area contributed by atoms with E-state index in [1.165, 1.54) is 0 Å². The van der Waals surface area contributed by atoms with Crippen molar-refractivity contribution in [3.63, 3.8) is 0 Å². The number of rotatable bonds is 3. The highest BCUT2D eigenvalue weighted by Crippen LogP contribution is 2.35. The van der Waals surface area contributed by atoms with Gasteiger partial charge in [0.25, 0.3) is 5.91 Å². The van der Waals surface area contributed by atoms with E-state index in [0.29, 0.717) is 5.92 Å². The summed E-state index contributed by atoms with van der Waals surface area (Å²) in [5.41, 5.74) is 0. The maximum absolute atomic E-state index is 12.6. The van der Waals surface area contributed by atoms with Crippen molar-refractivity contribution in [2.75, 3.05) is 6.54 Å². The van der Waals surface area contributed by atoms with Gasteiger partial charge in [-0.3, -0.25) is 4.79 Å². The topological polar surface area (TPSA) is 29.1 Å². The summed E-state index contributed by atoms with van der Waals surface area (Å²) >= 11 is 0. The molecule has 18 heavy (non-hydrogen) atoms. The lowest BCUT2D eigenvalue weighted by atomic mass is 9.83. The number of nitrogens with one attached hydrogen (secondary N) is 1. The molecule has 2 nitrogen and oxygen atoms in total. The average Bonchev–Trinajstić information content (AvgIpc) is 2.26. The molecule has 0 aromatic rings. The fourth-order valence-corrected chi connectivity index (χ4v) is 2.01. The Morgan fingerprint density at radius 1 is 1.11 bits per heavy atom. The van der Waals surface area contributed by atoms with Gasteiger partial charge >= 0.3 is 12.1 Å². The molecule has 0 saturated heterocycles. The first kappa shape index (κ1) is 15.2. The molecule has 1 N–H and O–H groups in total. The first-order valence-electron chi connectivity index (χ1n) is 5.87. The van der Waals surface area contributed by atoms with Crippen molar-refractivity contribution in [2.24, 2.45) is 11.8 Å². The predicted octanol–water partition coefficient (Wildman–Crippen LogP) is 3.13. The zero-order chi connectivity index (χ0) is 14.0. The number of hydrogen-bond acceptors (Lipinski definition) is 1. The van der Waals surface area contributed by atoms with Gasteiger partial charge in [-0.2, -0.15) is 22.0 Å². The average molecular weight is 273 g/mol. The van der Waals surface area contributed by atoms with Crippen LogP contribution in [0.2, 0.25) is 0 Å². The van der Waals surface area contributed by atoms with Gasteiger partial charge in [0.1, 0.15) is 0 Å². The largest absolute Gasteiger partial charge is 0.463 e. The Kier molecular flexibility index (Phi) is 4.55. The Morgan fingerprint density at radius 2 is 1.61 bits per heavy atom. The van der Waals surface area contributed by atoms with Crippen molar-refractivity contribution in [2.45, 2.75) is 44.7 Å². The zero-order valence-electron chi connectivity index (χ0n) is 9.99. The highest BCUT2D eigenvalue weighted by molar-refractivity contribution is 5.84. The van der Waals surface area contributed by atoms with Crippen molar-refractivity contribution in [3.05, 3.63) is 0 Å². The minimum Gasteiger partial charge on any atom is -0.350 e. The third kappa shape index (κ3) is 3.55. The van der Waals surface area contributed by atoms with E-state index in [-0.39, 0.29) is 12.5 Å². The van der Waals surface area contributed by atoms with Crippen LogP contribution in [0.4, 0.5) is 22.0 Å². The van der Waals surface area contributed by atoms with E-state index in [9.17, 15) is 26.7 Å². The van der Waals surface area contributed by atoms with E-state index >= 15 is 0 Å². The van der Waals surface area contributed by atoms with Crippen LogP contribution < -0.4 is 5.32 Å². The van der Waals surface area contributed by atoms with Crippen molar-refractivity contribution >= 4 is 5.91 Å². The lowest BCUT2D eigenvalue weighted by molar-refractivity contribution is -0.269. The normalized spacial score (nSPS) is 25.9. The number of alkyl halides is 5. The second kappa shape index (κ2) is 5.40. The van der Waals surface area contributed by atoms with Crippen molar-refractivity contribution in [1.82, 2.24) is 5.32 Å². The summed E-state index contributed by atoms with van der Waals surface area (Å²) in [6.45, 7) is 1.95. The maximum atomic E-state index is 12.6. The Hall–Kier alpha value is -0.880. The third-order valence-electron chi connectivity index (χ3n) is 3.33. The highest BCUT2D eigenvalue weighted by atomic mass is 19.4. The number of halogens is 5. The van der Waals surface area contributed by atoms with E-state index in [1.54, 1.807) is 5.32 Å². The van der Waals surface area contributed by atoms with Crippen molar-refractivity contribution < 1.29 is 26.7 Å². The summed E-state index contributed by atoms with van der Waals surface area (Å²) in [5.74, 6) is -7.02. The van der Waals surface area contributed by atoms with Crippen LogP contribution in [0.15, 0.2) is 0 Å². The molecular formula is C11H16F5NO. The van der Waals surface area contributed by atoms with Gasteiger partial charge < -0.3 is 5.32 Å². The Balaban J connectivity index is 2.42. The molecule has 0 heterocycles. The standard InChI is InChI=1S/C11H16F5NO/c1-7-2-4-8(5-3-7)6-17-9(18)10(12,13)11(14,15)16/h7-8H,2-6H2,1H3,(H,17,18). The fraction of sp³-hybridized carbons (Fsp3) is 0.909. The first-order valence-corrected chi connectivity index (χ1v) is 5.87. The molecule has 1 aliphatic rings. The second-order valence-electron chi connectivity index (χ2n) is 4.91. The van der Waals surface area contributed by atoms with Crippen LogP contribution in [0, 0.1) is 11.8 Å². The summed E-state index contributed by atoms with van der Waals surface area (Å²) in [7, 11) is 0. The van der Waals surface area contributed by atoms with E-state index in [0.717, 1.165) is 25.7 Å². The molecule has 0 aromatic carbocycles. The molecular weight excluding hydrogens is 257 g/mol. The Labute approximate surface area is 102 Å². The molecule has 0 aromatic heterocycles. The van der Waals surface area contributed by atoms with Gasteiger partial charge in [0, 0.05) is 6.54 Å².